The van der Waals surface area contributed by atoms with Gasteiger partial charge in [-0.1, -0.05) is 6.08 Å². The molecule has 1 saturated heterocycles. The Labute approximate surface area is 105 Å². The van der Waals surface area contributed by atoms with E-state index < -0.39 is 4.63 Å². The van der Waals surface area contributed by atoms with Crippen molar-refractivity contribution >= 4 is 15.9 Å². The van der Waals surface area contributed by atoms with Crippen LogP contribution in [0.4, 0.5) is 0 Å². The summed E-state index contributed by atoms with van der Waals surface area (Å²) >= 11 is 3.52. The van der Waals surface area contributed by atoms with E-state index in [-0.39, 0.29) is 0 Å². The molecule has 0 aromatic carbocycles. The van der Waals surface area contributed by atoms with Gasteiger partial charge in [-0.05, 0) is 59.5 Å². The van der Waals surface area contributed by atoms with Crippen LogP contribution in [0.1, 0.15) is 19.3 Å². The van der Waals surface area contributed by atoms with Crippen LogP contribution in [0.25, 0.3) is 0 Å². The fourth-order valence-corrected chi connectivity index (χ4v) is 2.39. The fourth-order valence-electron chi connectivity index (χ4n) is 1.94. The third-order valence-corrected chi connectivity index (χ3v) is 3.70. The molecular weight excluding hydrogens is 270 g/mol. The van der Waals surface area contributed by atoms with Gasteiger partial charge >= 0.3 is 0 Å². The lowest BCUT2D eigenvalue weighted by Crippen LogP contribution is -2.38. The zero-order chi connectivity index (χ0) is 11.3. The summed E-state index contributed by atoms with van der Waals surface area (Å²) in [6, 6.07) is 0. The lowest BCUT2D eigenvalue weighted by Gasteiger charge is -2.28. The Morgan fingerprint density at radius 1 is 1.38 bits per heavy atom. The average Bonchev–Trinajstić information content (AvgIpc) is 2.31. The van der Waals surface area contributed by atoms with Gasteiger partial charge in [0.1, 0.15) is 0 Å². The maximum Gasteiger partial charge on any atom is 0.215 e. The van der Waals surface area contributed by atoms with Gasteiger partial charge in [-0.15, -0.1) is 0 Å². The standard InChI is InChI=1S/C12H18BrNO2/c13-12(6-1-2-7-14-12)16-10-5-11-3-8-15-9-4-11/h1-2,6-7,11,14H,3-5,8-10H2. The van der Waals surface area contributed by atoms with Gasteiger partial charge < -0.3 is 14.8 Å². The average molecular weight is 288 g/mol. The highest BCUT2D eigenvalue weighted by atomic mass is 79.9. The molecule has 2 aliphatic rings. The molecule has 1 fully saturated rings. The molecule has 1 N–H and O–H groups in total. The summed E-state index contributed by atoms with van der Waals surface area (Å²) in [5.41, 5.74) is 0. The molecule has 0 aromatic rings. The van der Waals surface area contributed by atoms with Crippen molar-refractivity contribution in [3.63, 3.8) is 0 Å². The van der Waals surface area contributed by atoms with Crippen molar-refractivity contribution in [3.05, 3.63) is 24.4 Å². The number of dihydropyridines is 1. The first kappa shape index (κ1) is 12.1. The summed E-state index contributed by atoms with van der Waals surface area (Å²) in [6.07, 6.45) is 11.2. The molecule has 1 atom stereocenters. The maximum atomic E-state index is 5.80. The Hall–Kier alpha value is -0.320. The molecule has 0 saturated carbocycles. The van der Waals surface area contributed by atoms with Crippen molar-refractivity contribution in [3.8, 4) is 0 Å². The second kappa shape index (κ2) is 5.84. The highest BCUT2D eigenvalue weighted by Crippen LogP contribution is 2.23. The van der Waals surface area contributed by atoms with E-state index >= 15 is 0 Å². The molecule has 0 aliphatic carbocycles. The molecule has 0 radical (unpaired) electrons. The summed E-state index contributed by atoms with van der Waals surface area (Å²) in [5, 5.41) is 3.14. The number of allylic oxidation sites excluding steroid dienone is 2. The molecule has 2 heterocycles. The smallest absolute Gasteiger partial charge is 0.215 e. The van der Waals surface area contributed by atoms with Crippen molar-refractivity contribution in [1.29, 1.82) is 0 Å². The predicted molar refractivity (Wildman–Crippen MR) is 67.2 cm³/mol. The van der Waals surface area contributed by atoms with Crippen LogP contribution in [0, 0.1) is 5.92 Å². The molecule has 0 aromatic heterocycles. The number of rotatable bonds is 4. The number of nitrogens with one attached hydrogen (secondary N) is 1. The second-order valence-electron chi connectivity index (χ2n) is 4.20. The molecule has 1 unspecified atom stereocenters. The third kappa shape index (κ3) is 3.61. The minimum Gasteiger partial charge on any atom is -0.381 e. The molecule has 2 aliphatic heterocycles. The SMILES string of the molecule is BrC1(OCCC2CCOCC2)C=CC=CN1. The monoisotopic (exact) mass is 287 g/mol. The zero-order valence-corrected chi connectivity index (χ0v) is 10.9. The van der Waals surface area contributed by atoms with Gasteiger partial charge in [0.05, 0.1) is 6.61 Å². The number of halogens is 1. The Morgan fingerprint density at radius 2 is 2.19 bits per heavy atom. The molecule has 2 rings (SSSR count). The van der Waals surface area contributed by atoms with Gasteiger partial charge in [0.2, 0.25) is 4.63 Å². The van der Waals surface area contributed by atoms with E-state index in [9.17, 15) is 0 Å². The molecule has 90 valence electrons. The van der Waals surface area contributed by atoms with Crippen LogP contribution >= 0.6 is 15.9 Å². The fraction of sp³-hybridized carbons (Fsp3) is 0.667. The van der Waals surface area contributed by atoms with E-state index in [1.807, 2.05) is 24.4 Å². The molecule has 0 amide bonds. The Kier molecular flexibility index (Phi) is 4.44. The Balaban J connectivity index is 1.67. The van der Waals surface area contributed by atoms with Gasteiger partial charge in [-0.25, -0.2) is 0 Å². The molecular formula is C12H18BrNO2. The van der Waals surface area contributed by atoms with Gasteiger partial charge in [0, 0.05) is 13.2 Å². The Morgan fingerprint density at radius 3 is 2.88 bits per heavy atom. The van der Waals surface area contributed by atoms with Crippen LogP contribution in [0.3, 0.4) is 0 Å². The Bertz CT molecular complexity index is 274. The number of alkyl halides is 1. The molecule has 0 spiro atoms. The maximum absolute atomic E-state index is 5.80. The number of hydrogen-bond donors (Lipinski definition) is 1. The van der Waals surface area contributed by atoms with Crippen LogP contribution < -0.4 is 5.32 Å². The molecule has 3 nitrogen and oxygen atoms in total. The van der Waals surface area contributed by atoms with E-state index in [1.54, 1.807) is 0 Å². The lowest BCUT2D eigenvalue weighted by molar-refractivity contribution is 0.0193. The van der Waals surface area contributed by atoms with E-state index in [0.29, 0.717) is 0 Å². The summed E-state index contributed by atoms with van der Waals surface area (Å²) in [6.45, 7) is 2.58. The van der Waals surface area contributed by atoms with Crippen LogP contribution in [0.5, 0.6) is 0 Å². The molecule has 0 bridgehead atoms. The highest BCUT2D eigenvalue weighted by Gasteiger charge is 2.24. The molecule has 4 heteroatoms. The van der Waals surface area contributed by atoms with Crippen molar-refractivity contribution in [2.45, 2.75) is 23.9 Å². The summed E-state index contributed by atoms with van der Waals surface area (Å²) in [4.78, 5) is 0. The van der Waals surface area contributed by atoms with E-state index in [4.69, 9.17) is 9.47 Å². The first-order chi connectivity index (χ1) is 7.79. The zero-order valence-electron chi connectivity index (χ0n) is 9.32. The summed E-state index contributed by atoms with van der Waals surface area (Å²) in [5.74, 6) is 0.757. The van der Waals surface area contributed by atoms with Crippen LogP contribution in [-0.2, 0) is 9.47 Å². The van der Waals surface area contributed by atoms with Crippen molar-refractivity contribution in [2.75, 3.05) is 19.8 Å². The van der Waals surface area contributed by atoms with E-state index in [1.165, 1.54) is 12.8 Å². The van der Waals surface area contributed by atoms with Gasteiger partial charge in [-0.3, -0.25) is 0 Å². The first-order valence-corrected chi connectivity index (χ1v) is 6.60. The minimum absolute atomic E-state index is 0.507. The lowest BCUT2D eigenvalue weighted by atomic mass is 9.97. The summed E-state index contributed by atoms with van der Waals surface area (Å²) < 4.78 is 10.6. The number of hydrogen-bond acceptors (Lipinski definition) is 3. The van der Waals surface area contributed by atoms with Crippen LogP contribution in [0.15, 0.2) is 24.4 Å². The molecule has 16 heavy (non-hydrogen) atoms. The van der Waals surface area contributed by atoms with Crippen LogP contribution in [-0.4, -0.2) is 24.5 Å². The highest BCUT2D eigenvalue weighted by molar-refractivity contribution is 9.10. The van der Waals surface area contributed by atoms with Crippen molar-refractivity contribution < 1.29 is 9.47 Å². The normalized spacial score (nSPS) is 30.3. The topological polar surface area (TPSA) is 30.5 Å². The van der Waals surface area contributed by atoms with Crippen molar-refractivity contribution in [1.82, 2.24) is 5.32 Å². The minimum atomic E-state index is -0.507. The number of ether oxygens (including phenoxy) is 2. The predicted octanol–water partition coefficient (Wildman–Crippen LogP) is 2.54. The van der Waals surface area contributed by atoms with Gasteiger partial charge in [-0.2, -0.15) is 0 Å². The van der Waals surface area contributed by atoms with Gasteiger partial charge in [0.25, 0.3) is 0 Å². The van der Waals surface area contributed by atoms with E-state index in [2.05, 4.69) is 21.2 Å². The van der Waals surface area contributed by atoms with Crippen molar-refractivity contribution in [2.24, 2.45) is 5.92 Å². The largest absolute Gasteiger partial charge is 0.381 e. The van der Waals surface area contributed by atoms with Crippen LogP contribution in [0.2, 0.25) is 0 Å². The first-order valence-electron chi connectivity index (χ1n) is 5.81. The van der Waals surface area contributed by atoms with Gasteiger partial charge in [0.15, 0.2) is 0 Å². The third-order valence-electron chi connectivity index (χ3n) is 2.98. The van der Waals surface area contributed by atoms with E-state index in [0.717, 1.165) is 32.2 Å². The second-order valence-corrected chi connectivity index (χ2v) is 5.38. The quantitative estimate of drug-likeness (QED) is 0.637. The summed E-state index contributed by atoms with van der Waals surface area (Å²) in [7, 11) is 0.